The first kappa shape index (κ1) is 14.9. The molecule has 0 saturated heterocycles. The molecule has 2 rings (SSSR count). The maximum absolute atomic E-state index is 5.12. The third kappa shape index (κ3) is 3.48. The Labute approximate surface area is 106 Å². The van der Waals surface area contributed by atoms with Crippen LogP contribution in [0.15, 0.2) is 35.1 Å². The highest BCUT2D eigenvalue weighted by Crippen LogP contribution is 2.17. The molecular formula is C10H13Cl2N3O. The second-order valence-corrected chi connectivity index (χ2v) is 2.95. The molecular weight excluding hydrogens is 249 g/mol. The topological polar surface area (TPSA) is 51.0 Å². The maximum atomic E-state index is 5.12. The van der Waals surface area contributed by atoms with Crippen LogP contribution in [0.25, 0.3) is 11.3 Å². The van der Waals surface area contributed by atoms with Crippen molar-refractivity contribution in [2.45, 2.75) is 6.54 Å². The summed E-state index contributed by atoms with van der Waals surface area (Å²) in [4.78, 5) is 4.02. The standard InChI is InChI=1S/C10H11N3O.2ClH/c1-11-7-9-5-10(13-14-9)8-3-2-4-12-6-8;;/h2-6,11H,7H2,1H3;2*1H. The van der Waals surface area contributed by atoms with Gasteiger partial charge >= 0.3 is 0 Å². The van der Waals surface area contributed by atoms with Gasteiger partial charge in [-0.25, -0.2) is 0 Å². The maximum Gasteiger partial charge on any atom is 0.151 e. The highest BCUT2D eigenvalue weighted by molar-refractivity contribution is 5.85. The summed E-state index contributed by atoms with van der Waals surface area (Å²) in [7, 11) is 1.87. The number of pyridine rings is 1. The lowest BCUT2D eigenvalue weighted by molar-refractivity contribution is 0.379. The monoisotopic (exact) mass is 261 g/mol. The van der Waals surface area contributed by atoms with Crippen LogP contribution in [0.3, 0.4) is 0 Å². The van der Waals surface area contributed by atoms with Gasteiger partial charge in [0.25, 0.3) is 0 Å². The zero-order chi connectivity index (χ0) is 9.80. The summed E-state index contributed by atoms with van der Waals surface area (Å²) < 4.78 is 5.12. The van der Waals surface area contributed by atoms with Crippen molar-refractivity contribution < 1.29 is 4.52 Å². The van der Waals surface area contributed by atoms with Crippen LogP contribution in [0.1, 0.15) is 5.76 Å². The molecule has 0 aromatic carbocycles. The van der Waals surface area contributed by atoms with Gasteiger partial charge in [-0.1, -0.05) is 5.16 Å². The van der Waals surface area contributed by atoms with Gasteiger partial charge in [0, 0.05) is 24.0 Å². The average Bonchev–Trinajstić information content (AvgIpc) is 2.68. The summed E-state index contributed by atoms with van der Waals surface area (Å²) in [5.74, 6) is 0.825. The zero-order valence-electron chi connectivity index (χ0n) is 8.71. The summed E-state index contributed by atoms with van der Waals surface area (Å²) in [6, 6.07) is 5.74. The molecule has 0 saturated carbocycles. The zero-order valence-corrected chi connectivity index (χ0v) is 10.3. The summed E-state index contributed by atoms with van der Waals surface area (Å²) in [5.41, 5.74) is 1.79. The molecule has 2 aromatic heterocycles. The summed E-state index contributed by atoms with van der Waals surface area (Å²) >= 11 is 0. The van der Waals surface area contributed by atoms with Gasteiger partial charge < -0.3 is 9.84 Å². The second kappa shape index (κ2) is 7.22. The highest BCUT2D eigenvalue weighted by Gasteiger charge is 2.04. The highest BCUT2D eigenvalue weighted by atomic mass is 35.5. The fourth-order valence-electron chi connectivity index (χ4n) is 1.22. The van der Waals surface area contributed by atoms with Gasteiger partial charge in [-0.3, -0.25) is 4.98 Å². The van der Waals surface area contributed by atoms with E-state index in [0.717, 1.165) is 17.0 Å². The summed E-state index contributed by atoms with van der Waals surface area (Å²) in [6.45, 7) is 0.688. The van der Waals surface area contributed by atoms with Gasteiger partial charge in [0.05, 0.1) is 6.54 Å². The van der Waals surface area contributed by atoms with Gasteiger partial charge in [0.2, 0.25) is 0 Å². The lowest BCUT2D eigenvalue weighted by atomic mass is 10.2. The number of hydrogen-bond donors (Lipinski definition) is 1. The first-order valence-electron chi connectivity index (χ1n) is 4.41. The second-order valence-electron chi connectivity index (χ2n) is 2.95. The number of aromatic nitrogens is 2. The van der Waals surface area contributed by atoms with E-state index in [4.69, 9.17) is 4.52 Å². The van der Waals surface area contributed by atoms with Crippen molar-refractivity contribution in [3.05, 3.63) is 36.4 Å². The minimum absolute atomic E-state index is 0. The van der Waals surface area contributed by atoms with Gasteiger partial charge in [-0.15, -0.1) is 24.8 Å². The molecule has 0 aliphatic rings. The van der Waals surface area contributed by atoms with E-state index in [0.29, 0.717) is 6.54 Å². The predicted molar refractivity (Wildman–Crippen MR) is 67.0 cm³/mol. The van der Waals surface area contributed by atoms with Crippen LogP contribution in [0.2, 0.25) is 0 Å². The van der Waals surface area contributed by atoms with Crippen LogP contribution in [0.4, 0.5) is 0 Å². The van der Waals surface area contributed by atoms with E-state index in [1.807, 2.05) is 25.2 Å². The molecule has 16 heavy (non-hydrogen) atoms. The van der Waals surface area contributed by atoms with Crippen molar-refractivity contribution in [3.63, 3.8) is 0 Å². The quantitative estimate of drug-likeness (QED) is 0.922. The predicted octanol–water partition coefficient (Wildman–Crippen LogP) is 2.30. The van der Waals surface area contributed by atoms with Crippen LogP contribution >= 0.6 is 24.8 Å². The number of nitrogens with one attached hydrogen (secondary N) is 1. The van der Waals surface area contributed by atoms with E-state index in [1.54, 1.807) is 12.4 Å². The first-order valence-corrected chi connectivity index (χ1v) is 4.41. The Bertz CT molecular complexity index is 405. The van der Waals surface area contributed by atoms with Crippen molar-refractivity contribution in [3.8, 4) is 11.3 Å². The molecule has 0 aliphatic heterocycles. The molecule has 4 nitrogen and oxygen atoms in total. The minimum Gasteiger partial charge on any atom is -0.359 e. The molecule has 0 amide bonds. The van der Waals surface area contributed by atoms with Crippen molar-refractivity contribution in [1.29, 1.82) is 0 Å². The van der Waals surface area contributed by atoms with Crippen molar-refractivity contribution in [1.82, 2.24) is 15.5 Å². The van der Waals surface area contributed by atoms with E-state index >= 15 is 0 Å². The minimum atomic E-state index is 0. The Morgan fingerprint density at radius 1 is 1.38 bits per heavy atom. The van der Waals surface area contributed by atoms with Gasteiger partial charge in [-0.2, -0.15) is 0 Å². The largest absolute Gasteiger partial charge is 0.359 e. The summed E-state index contributed by atoms with van der Waals surface area (Å²) in [5, 5.41) is 6.95. The smallest absolute Gasteiger partial charge is 0.151 e. The van der Waals surface area contributed by atoms with Gasteiger partial charge in [-0.05, 0) is 19.2 Å². The lowest BCUT2D eigenvalue weighted by Gasteiger charge is -1.90. The van der Waals surface area contributed by atoms with E-state index < -0.39 is 0 Å². The van der Waals surface area contributed by atoms with E-state index in [-0.39, 0.29) is 24.8 Å². The SMILES string of the molecule is CNCc1cc(-c2cccnc2)no1.Cl.Cl. The first-order chi connectivity index (χ1) is 6.90. The Morgan fingerprint density at radius 2 is 2.19 bits per heavy atom. The van der Waals surface area contributed by atoms with Crippen molar-refractivity contribution in [2.24, 2.45) is 0 Å². The fraction of sp³-hybridized carbons (Fsp3) is 0.200. The molecule has 0 radical (unpaired) electrons. The van der Waals surface area contributed by atoms with Crippen molar-refractivity contribution >= 4 is 24.8 Å². The van der Waals surface area contributed by atoms with Gasteiger partial charge in [0.15, 0.2) is 5.76 Å². The number of hydrogen-bond acceptors (Lipinski definition) is 4. The van der Waals surface area contributed by atoms with Crippen LogP contribution < -0.4 is 5.32 Å². The summed E-state index contributed by atoms with van der Waals surface area (Å²) in [6.07, 6.45) is 3.50. The number of rotatable bonds is 3. The molecule has 2 heterocycles. The van der Waals surface area contributed by atoms with Crippen LogP contribution in [0, 0.1) is 0 Å². The molecule has 0 fully saturated rings. The molecule has 2 aromatic rings. The number of halogens is 2. The molecule has 88 valence electrons. The molecule has 0 atom stereocenters. The molecule has 0 bridgehead atoms. The van der Waals surface area contributed by atoms with E-state index in [9.17, 15) is 0 Å². The van der Waals surface area contributed by atoms with E-state index in [1.165, 1.54) is 0 Å². The van der Waals surface area contributed by atoms with Crippen LogP contribution in [-0.2, 0) is 6.54 Å². The molecule has 0 unspecified atom stereocenters. The molecule has 1 N–H and O–H groups in total. The Hall–Kier alpha value is -1.10. The number of nitrogens with zero attached hydrogens (tertiary/aromatic N) is 2. The third-order valence-corrected chi connectivity index (χ3v) is 1.87. The van der Waals surface area contributed by atoms with Crippen molar-refractivity contribution in [2.75, 3.05) is 7.05 Å². The molecule has 6 heteroatoms. The molecule has 0 spiro atoms. The Balaban J connectivity index is 0.00000112. The lowest BCUT2D eigenvalue weighted by Crippen LogP contribution is -2.03. The fourth-order valence-corrected chi connectivity index (χ4v) is 1.22. The Kier molecular flexibility index (Phi) is 6.72. The van der Waals surface area contributed by atoms with Gasteiger partial charge in [0.1, 0.15) is 5.69 Å². The average molecular weight is 262 g/mol. The molecule has 0 aliphatic carbocycles. The van der Waals surface area contributed by atoms with E-state index in [2.05, 4.69) is 15.5 Å². The third-order valence-electron chi connectivity index (χ3n) is 1.87. The normalized spacial score (nSPS) is 9.06. The van der Waals surface area contributed by atoms with Crippen LogP contribution in [-0.4, -0.2) is 17.2 Å². The van der Waals surface area contributed by atoms with Crippen LogP contribution in [0.5, 0.6) is 0 Å². The Morgan fingerprint density at radius 3 is 2.81 bits per heavy atom.